The molecule has 2 aromatic rings. The Kier molecular flexibility index (Phi) is 6.65. The third-order valence-electron chi connectivity index (χ3n) is 3.64. The number of carbonyl (C=O) groups excluding carboxylic acids is 1. The molecule has 0 spiro atoms. The fourth-order valence-electron chi connectivity index (χ4n) is 2.50. The largest absolute Gasteiger partial charge is 0.385 e. The molecule has 0 bridgehead atoms. The maximum atomic E-state index is 12.2. The van der Waals surface area contributed by atoms with Gasteiger partial charge in [0.05, 0.1) is 0 Å². The normalized spacial score (nSPS) is 10.6. The summed E-state index contributed by atoms with van der Waals surface area (Å²) < 4.78 is 4.99. The van der Waals surface area contributed by atoms with E-state index in [4.69, 9.17) is 4.74 Å². The van der Waals surface area contributed by atoms with Crippen LogP contribution in [0.25, 0.3) is 0 Å². The van der Waals surface area contributed by atoms with Gasteiger partial charge in [-0.1, -0.05) is 60.7 Å². The molecular formula is C19H23NO2. The van der Waals surface area contributed by atoms with Crippen molar-refractivity contribution in [3.63, 3.8) is 0 Å². The maximum absolute atomic E-state index is 12.2. The van der Waals surface area contributed by atoms with Crippen LogP contribution in [0, 0.1) is 0 Å². The number of amides is 1. The highest BCUT2D eigenvalue weighted by Crippen LogP contribution is 2.27. The Morgan fingerprint density at radius 2 is 1.55 bits per heavy atom. The first-order valence-corrected chi connectivity index (χ1v) is 7.67. The molecule has 0 unspecified atom stereocenters. The molecule has 116 valence electrons. The van der Waals surface area contributed by atoms with Crippen molar-refractivity contribution in [3.8, 4) is 0 Å². The van der Waals surface area contributed by atoms with Crippen LogP contribution in [0.4, 0.5) is 0 Å². The fourth-order valence-corrected chi connectivity index (χ4v) is 2.50. The average molecular weight is 297 g/mol. The van der Waals surface area contributed by atoms with Gasteiger partial charge in [-0.2, -0.15) is 0 Å². The van der Waals surface area contributed by atoms with Gasteiger partial charge in [0.1, 0.15) is 0 Å². The molecule has 0 aliphatic rings. The molecule has 22 heavy (non-hydrogen) atoms. The third-order valence-corrected chi connectivity index (χ3v) is 3.64. The molecule has 3 nitrogen and oxygen atoms in total. The molecule has 0 saturated heterocycles. The van der Waals surface area contributed by atoms with Crippen molar-refractivity contribution in [2.45, 2.75) is 18.8 Å². The predicted octanol–water partition coefficient (Wildman–Crippen LogP) is 3.36. The first-order chi connectivity index (χ1) is 10.8. The molecule has 0 aliphatic heterocycles. The van der Waals surface area contributed by atoms with Crippen LogP contribution in [0.2, 0.25) is 0 Å². The molecule has 2 aromatic carbocycles. The zero-order valence-corrected chi connectivity index (χ0v) is 13.0. The van der Waals surface area contributed by atoms with Crippen LogP contribution >= 0.6 is 0 Å². The van der Waals surface area contributed by atoms with Gasteiger partial charge >= 0.3 is 0 Å². The Labute approximate surface area is 132 Å². The molecular weight excluding hydrogens is 274 g/mol. The smallest absolute Gasteiger partial charge is 0.220 e. The van der Waals surface area contributed by atoms with E-state index >= 15 is 0 Å². The van der Waals surface area contributed by atoms with Gasteiger partial charge in [0.15, 0.2) is 0 Å². The van der Waals surface area contributed by atoms with E-state index in [1.807, 2.05) is 36.4 Å². The van der Waals surface area contributed by atoms with Crippen LogP contribution in [0.15, 0.2) is 60.7 Å². The number of hydrogen-bond donors (Lipinski definition) is 1. The van der Waals surface area contributed by atoms with Gasteiger partial charge in [0.2, 0.25) is 5.91 Å². The summed E-state index contributed by atoms with van der Waals surface area (Å²) in [5.41, 5.74) is 2.33. The van der Waals surface area contributed by atoms with Gasteiger partial charge in [-0.3, -0.25) is 4.79 Å². The Hall–Kier alpha value is -2.13. The van der Waals surface area contributed by atoms with E-state index < -0.39 is 0 Å². The molecule has 0 atom stereocenters. The van der Waals surface area contributed by atoms with Crippen LogP contribution < -0.4 is 5.32 Å². The lowest BCUT2D eigenvalue weighted by Crippen LogP contribution is -2.27. The van der Waals surface area contributed by atoms with Crippen molar-refractivity contribution in [2.24, 2.45) is 0 Å². The minimum absolute atomic E-state index is 0.0776. The summed E-state index contributed by atoms with van der Waals surface area (Å²) in [6, 6.07) is 20.4. The van der Waals surface area contributed by atoms with Gasteiger partial charge in [-0.25, -0.2) is 0 Å². The summed E-state index contributed by atoms with van der Waals surface area (Å²) in [5.74, 6) is 0.165. The van der Waals surface area contributed by atoms with E-state index in [-0.39, 0.29) is 11.8 Å². The molecule has 0 fully saturated rings. The quantitative estimate of drug-likeness (QED) is 0.759. The minimum Gasteiger partial charge on any atom is -0.385 e. The number of hydrogen-bond acceptors (Lipinski definition) is 2. The van der Waals surface area contributed by atoms with E-state index in [1.165, 1.54) is 11.1 Å². The third kappa shape index (κ3) is 5.01. The molecule has 0 radical (unpaired) electrons. The van der Waals surface area contributed by atoms with Gasteiger partial charge < -0.3 is 10.1 Å². The molecule has 1 amide bonds. The molecule has 0 aromatic heterocycles. The maximum Gasteiger partial charge on any atom is 0.220 e. The topological polar surface area (TPSA) is 38.3 Å². The predicted molar refractivity (Wildman–Crippen MR) is 88.8 cm³/mol. The number of carbonyl (C=O) groups is 1. The van der Waals surface area contributed by atoms with Crippen molar-refractivity contribution >= 4 is 5.91 Å². The Morgan fingerprint density at radius 1 is 1.00 bits per heavy atom. The zero-order valence-electron chi connectivity index (χ0n) is 13.0. The Bertz CT molecular complexity index is 515. The average Bonchev–Trinajstić information content (AvgIpc) is 2.58. The van der Waals surface area contributed by atoms with E-state index in [1.54, 1.807) is 7.11 Å². The molecule has 3 heteroatoms. The highest BCUT2D eigenvalue weighted by atomic mass is 16.5. The molecule has 2 rings (SSSR count). The monoisotopic (exact) mass is 297 g/mol. The second-order valence-electron chi connectivity index (χ2n) is 5.27. The number of ether oxygens (including phenoxy) is 1. The lowest BCUT2D eigenvalue weighted by Gasteiger charge is -2.18. The highest BCUT2D eigenvalue weighted by molar-refractivity contribution is 5.77. The van der Waals surface area contributed by atoms with Crippen LogP contribution in [0.1, 0.15) is 29.9 Å². The van der Waals surface area contributed by atoms with Crippen LogP contribution in [-0.2, 0) is 9.53 Å². The summed E-state index contributed by atoms with van der Waals surface area (Å²) in [5, 5.41) is 2.97. The first kappa shape index (κ1) is 16.2. The summed E-state index contributed by atoms with van der Waals surface area (Å²) in [7, 11) is 1.67. The van der Waals surface area contributed by atoms with Gasteiger partial charge in [0.25, 0.3) is 0 Å². The Balaban J connectivity index is 2.04. The van der Waals surface area contributed by atoms with E-state index in [0.717, 1.165) is 6.42 Å². The number of rotatable bonds is 8. The summed E-state index contributed by atoms with van der Waals surface area (Å²) in [4.78, 5) is 12.2. The van der Waals surface area contributed by atoms with E-state index in [2.05, 4.69) is 29.6 Å². The second kappa shape index (κ2) is 9.00. The number of methoxy groups -OCH3 is 1. The summed E-state index contributed by atoms with van der Waals surface area (Å²) >= 11 is 0. The molecule has 1 N–H and O–H groups in total. The zero-order chi connectivity index (χ0) is 15.6. The highest BCUT2D eigenvalue weighted by Gasteiger charge is 2.17. The van der Waals surface area contributed by atoms with Crippen molar-refractivity contribution in [3.05, 3.63) is 71.8 Å². The number of benzene rings is 2. The first-order valence-electron chi connectivity index (χ1n) is 7.67. The van der Waals surface area contributed by atoms with Crippen molar-refractivity contribution in [1.82, 2.24) is 5.32 Å². The summed E-state index contributed by atoms with van der Waals surface area (Å²) in [6.45, 7) is 1.32. The fraction of sp³-hybridized carbons (Fsp3) is 0.316. The minimum atomic E-state index is 0.0776. The lowest BCUT2D eigenvalue weighted by atomic mass is 9.88. The van der Waals surface area contributed by atoms with Crippen LogP contribution in [0.3, 0.4) is 0 Å². The summed E-state index contributed by atoms with van der Waals surface area (Å²) in [6.07, 6.45) is 1.30. The standard InChI is InChI=1S/C19H23NO2/c1-22-14-8-13-20-19(21)15-18(16-9-4-2-5-10-16)17-11-6-3-7-12-17/h2-7,9-12,18H,8,13-15H2,1H3,(H,20,21). The van der Waals surface area contributed by atoms with Crippen LogP contribution in [-0.4, -0.2) is 26.2 Å². The van der Waals surface area contributed by atoms with Crippen molar-refractivity contribution in [2.75, 3.05) is 20.3 Å². The second-order valence-corrected chi connectivity index (χ2v) is 5.27. The molecule has 0 heterocycles. The van der Waals surface area contributed by atoms with Gasteiger partial charge in [-0.15, -0.1) is 0 Å². The van der Waals surface area contributed by atoms with Crippen molar-refractivity contribution in [1.29, 1.82) is 0 Å². The van der Waals surface area contributed by atoms with Crippen LogP contribution in [0.5, 0.6) is 0 Å². The van der Waals surface area contributed by atoms with E-state index in [0.29, 0.717) is 19.6 Å². The van der Waals surface area contributed by atoms with E-state index in [9.17, 15) is 4.79 Å². The molecule has 0 saturated carbocycles. The van der Waals surface area contributed by atoms with Gasteiger partial charge in [0, 0.05) is 32.6 Å². The van der Waals surface area contributed by atoms with Gasteiger partial charge in [-0.05, 0) is 17.5 Å². The lowest BCUT2D eigenvalue weighted by molar-refractivity contribution is -0.121. The molecule has 0 aliphatic carbocycles. The number of nitrogens with one attached hydrogen (secondary N) is 1. The SMILES string of the molecule is COCCCNC(=O)CC(c1ccccc1)c1ccccc1. The Morgan fingerprint density at radius 3 is 2.05 bits per heavy atom. The van der Waals surface area contributed by atoms with Crippen molar-refractivity contribution < 1.29 is 9.53 Å².